The van der Waals surface area contributed by atoms with Crippen molar-refractivity contribution in [2.75, 3.05) is 0 Å². The Hall–Kier alpha value is -3.09. The first-order valence-corrected chi connectivity index (χ1v) is 7.38. The van der Waals surface area contributed by atoms with E-state index in [1.807, 2.05) is 18.2 Å². The molecule has 5 rings (SSSR count). The fourth-order valence-corrected chi connectivity index (χ4v) is 2.56. The minimum absolute atomic E-state index is 0.418. The molecule has 4 heterocycles. The van der Waals surface area contributed by atoms with Crippen LogP contribution in [0.1, 0.15) is 24.5 Å². The van der Waals surface area contributed by atoms with Gasteiger partial charge < -0.3 is 8.94 Å². The molecule has 1 aliphatic carbocycles. The van der Waals surface area contributed by atoms with Crippen LogP contribution in [0.15, 0.2) is 45.7 Å². The van der Waals surface area contributed by atoms with Crippen LogP contribution in [0.3, 0.4) is 0 Å². The van der Waals surface area contributed by atoms with Crippen LogP contribution in [0, 0.1) is 0 Å². The van der Waals surface area contributed by atoms with Gasteiger partial charge in [-0.1, -0.05) is 5.16 Å². The summed E-state index contributed by atoms with van der Waals surface area (Å²) in [6, 6.07) is 5.65. The molecule has 0 radical (unpaired) electrons. The number of rotatable bonds is 3. The molecule has 1 aliphatic rings. The average Bonchev–Trinajstić information content (AvgIpc) is 3.17. The number of aromatic nitrogens is 5. The van der Waals surface area contributed by atoms with Gasteiger partial charge in [0.15, 0.2) is 0 Å². The molecule has 4 aromatic heterocycles. The lowest BCUT2D eigenvalue weighted by Crippen LogP contribution is -1.83. The molecule has 23 heavy (non-hydrogen) atoms. The lowest BCUT2D eigenvalue weighted by atomic mass is 10.1. The van der Waals surface area contributed by atoms with Crippen molar-refractivity contribution < 1.29 is 8.94 Å². The third-order valence-corrected chi connectivity index (χ3v) is 3.90. The normalized spacial score (nSPS) is 14.4. The van der Waals surface area contributed by atoms with E-state index in [0.717, 1.165) is 35.0 Å². The van der Waals surface area contributed by atoms with Gasteiger partial charge in [0.25, 0.3) is 5.71 Å². The topological polar surface area (TPSA) is 90.7 Å². The van der Waals surface area contributed by atoms with Gasteiger partial charge in [-0.05, 0) is 31.0 Å². The molecule has 0 aromatic carbocycles. The zero-order chi connectivity index (χ0) is 15.2. The maximum absolute atomic E-state index is 5.74. The summed E-state index contributed by atoms with van der Waals surface area (Å²) in [4.78, 5) is 8.36. The summed E-state index contributed by atoms with van der Waals surface area (Å²) in [7, 11) is 0. The highest BCUT2D eigenvalue weighted by Gasteiger charge is 2.29. The van der Waals surface area contributed by atoms with Crippen LogP contribution in [-0.4, -0.2) is 25.3 Å². The highest BCUT2D eigenvalue weighted by atomic mass is 16.5. The zero-order valence-corrected chi connectivity index (χ0v) is 12.0. The van der Waals surface area contributed by atoms with Crippen molar-refractivity contribution >= 4 is 11.1 Å². The van der Waals surface area contributed by atoms with Gasteiger partial charge in [0.05, 0.1) is 22.2 Å². The molecule has 0 amide bonds. The number of pyridine rings is 2. The number of nitrogens with zero attached hydrogens (tertiary/aromatic N) is 5. The van der Waals surface area contributed by atoms with E-state index in [0.29, 0.717) is 23.4 Å². The van der Waals surface area contributed by atoms with Crippen molar-refractivity contribution in [3.8, 4) is 22.9 Å². The highest BCUT2D eigenvalue weighted by molar-refractivity contribution is 5.81. The van der Waals surface area contributed by atoms with E-state index >= 15 is 0 Å². The Kier molecular flexibility index (Phi) is 2.55. The maximum atomic E-state index is 5.74. The smallest absolute Gasteiger partial charge is 0.257 e. The third kappa shape index (κ3) is 2.09. The Morgan fingerprint density at radius 3 is 2.70 bits per heavy atom. The van der Waals surface area contributed by atoms with Crippen LogP contribution >= 0.6 is 0 Å². The summed E-state index contributed by atoms with van der Waals surface area (Å²) in [5.41, 5.74) is 3.05. The maximum Gasteiger partial charge on any atom is 0.257 e. The summed E-state index contributed by atoms with van der Waals surface area (Å²) in [6.45, 7) is 0. The Balaban J connectivity index is 1.58. The van der Waals surface area contributed by atoms with E-state index in [-0.39, 0.29) is 0 Å². The quantitative estimate of drug-likeness (QED) is 0.574. The molecule has 4 aromatic rings. The lowest BCUT2D eigenvalue weighted by Gasteiger charge is -1.95. The summed E-state index contributed by atoms with van der Waals surface area (Å²) in [5.74, 6) is 1.34. The van der Waals surface area contributed by atoms with Gasteiger partial charge in [-0.15, -0.1) is 10.2 Å². The van der Waals surface area contributed by atoms with Crippen LogP contribution < -0.4 is 0 Å². The highest BCUT2D eigenvalue weighted by Crippen LogP contribution is 2.42. The number of fused-ring (bicyclic) bond motifs is 1. The van der Waals surface area contributed by atoms with Crippen molar-refractivity contribution in [2.24, 2.45) is 0 Å². The molecule has 7 heteroatoms. The Morgan fingerprint density at radius 1 is 1.04 bits per heavy atom. The molecule has 0 aliphatic heterocycles. The summed E-state index contributed by atoms with van der Waals surface area (Å²) in [6.07, 6.45) is 7.34. The standard InChI is InChI=1S/C16H11N5O2/c1-2-10(7-17-5-1)14-19-20-15(22-14)11-6-12-13(9-3-4-9)21-23-16(12)18-8-11/h1-2,5-9H,3-4H2. The average molecular weight is 305 g/mol. The molecule has 0 atom stereocenters. The summed E-state index contributed by atoms with van der Waals surface area (Å²) >= 11 is 0. The molecular weight excluding hydrogens is 294 g/mol. The molecule has 0 spiro atoms. The second kappa shape index (κ2) is 4.70. The monoisotopic (exact) mass is 305 g/mol. The van der Waals surface area contributed by atoms with Gasteiger partial charge >= 0.3 is 0 Å². The number of hydrogen-bond donors (Lipinski definition) is 0. The van der Waals surface area contributed by atoms with Crippen molar-refractivity contribution in [1.29, 1.82) is 0 Å². The van der Waals surface area contributed by atoms with E-state index in [1.54, 1.807) is 18.6 Å². The van der Waals surface area contributed by atoms with Gasteiger partial charge in [0.1, 0.15) is 0 Å². The Bertz CT molecular complexity index is 988. The molecule has 1 saturated carbocycles. The van der Waals surface area contributed by atoms with E-state index in [9.17, 15) is 0 Å². The van der Waals surface area contributed by atoms with Gasteiger partial charge in [-0.25, -0.2) is 4.98 Å². The lowest BCUT2D eigenvalue weighted by molar-refractivity contribution is 0.439. The molecular formula is C16H11N5O2. The van der Waals surface area contributed by atoms with Crippen molar-refractivity contribution in [3.63, 3.8) is 0 Å². The van der Waals surface area contributed by atoms with Crippen molar-refractivity contribution in [2.45, 2.75) is 18.8 Å². The van der Waals surface area contributed by atoms with Crippen LogP contribution in [0.2, 0.25) is 0 Å². The van der Waals surface area contributed by atoms with Crippen LogP contribution in [-0.2, 0) is 0 Å². The predicted molar refractivity (Wildman–Crippen MR) is 80.3 cm³/mol. The molecule has 7 nitrogen and oxygen atoms in total. The predicted octanol–water partition coefficient (Wildman–Crippen LogP) is 3.21. The van der Waals surface area contributed by atoms with E-state index in [4.69, 9.17) is 8.94 Å². The van der Waals surface area contributed by atoms with Gasteiger partial charge in [-0.3, -0.25) is 4.98 Å². The molecule has 0 N–H and O–H groups in total. The summed E-state index contributed by atoms with van der Waals surface area (Å²) < 4.78 is 11.0. The Morgan fingerprint density at radius 2 is 1.91 bits per heavy atom. The molecule has 0 saturated heterocycles. The molecule has 0 bridgehead atoms. The minimum Gasteiger partial charge on any atom is -0.416 e. The van der Waals surface area contributed by atoms with E-state index < -0.39 is 0 Å². The van der Waals surface area contributed by atoms with Crippen LogP contribution in [0.5, 0.6) is 0 Å². The first-order valence-electron chi connectivity index (χ1n) is 7.38. The zero-order valence-electron chi connectivity index (χ0n) is 12.0. The fraction of sp³-hybridized carbons (Fsp3) is 0.188. The second-order valence-corrected chi connectivity index (χ2v) is 5.57. The van der Waals surface area contributed by atoms with E-state index in [2.05, 4.69) is 25.3 Å². The van der Waals surface area contributed by atoms with E-state index in [1.165, 1.54) is 0 Å². The second-order valence-electron chi connectivity index (χ2n) is 5.57. The minimum atomic E-state index is 0.418. The van der Waals surface area contributed by atoms with Crippen molar-refractivity contribution in [1.82, 2.24) is 25.3 Å². The Labute approximate surface area is 130 Å². The SMILES string of the molecule is c1cncc(-c2nnc(-c3cnc4onc(C5CC5)c4c3)o2)c1. The third-order valence-electron chi connectivity index (χ3n) is 3.90. The fourth-order valence-electron chi connectivity index (χ4n) is 2.56. The molecule has 0 unspecified atom stereocenters. The summed E-state index contributed by atoms with van der Waals surface area (Å²) in [5, 5.41) is 13.2. The van der Waals surface area contributed by atoms with Gasteiger partial charge in [-0.2, -0.15) is 0 Å². The first-order chi connectivity index (χ1) is 11.4. The number of hydrogen-bond acceptors (Lipinski definition) is 7. The van der Waals surface area contributed by atoms with Gasteiger partial charge in [0.2, 0.25) is 11.8 Å². The first kappa shape index (κ1) is 12.5. The van der Waals surface area contributed by atoms with Crippen LogP contribution in [0.4, 0.5) is 0 Å². The van der Waals surface area contributed by atoms with Crippen molar-refractivity contribution in [3.05, 3.63) is 42.5 Å². The largest absolute Gasteiger partial charge is 0.416 e. The molecule has 1 fully saturated rings. The van der Waals surface area contributed by atoms with Gasteiger partial charge in [0, 0.05) is 24.5 Å². The molecule has 112 valence electrons. The van der Waals surface area contributed by atoms with Crippen LogP contribution in [0.25, 0.3) is 34.0 Å².